The molecule has 0 fully saturated rings. The first-order chi connectivity index (χ1) is 8.33. The Morgan fingerprint density at radius 2 is 1.89 bits per heavy atom. The summed E-state index contributed by atoms with van der Waals surface area (Å²) in [5.74, 6) is 0. The van der Waals surface area contributed by atoms with E-state index in [2.05, 4.69) is 39.1 Å². The topological polar surface area (TPSA) is 12.0 Å². The van der Waals surface area contributed by atoms with E-state index in [0.29, 0.717) is 21.5 Å². The summed E-state index contributed by atoms with van der Waals surface area (Å²) in [6.45, 7) is 9.89. The van der Waals surface area contributed by atoms with Gasteiger partial charge in [-0.1, -0.05) is 63.0 Å². The first-order valence-electron chi connectivity index (χ1n) is 6.49. The Morgan fingerprint density at radius 3 is 2.44 bits per heavy atom. The smallest absolute Gasteiger partial charge is 0.0624 e. The first-order valence-corrected chi connectivity index (χ1v) is 7.25. The number of nitrogens with one attached hydrogen (secondary N) is 1. The van der Waals surface area contributed by atoms with Crippen LogP contribution in [0.25, 0.3) is 0 Å². The van der Waals surface area contributed by atoms with Crippen LogP contribution in [-0.4, -0.2) is 12.6 Å². The number of benzene rings is 1. The normalized spacial score (nSPS) is 13.7. The van der Waals surface area contributed by atoms with Gasteiger partial charge in [0.15, 0.2) is 0 Å². The fourth-order valence-electron chi connectivity index (χ4n) is 2.22. The zero-order valence-electron chi connectivity index (χ0n) is 11.7. The molecule has 0 radical (unpaired) electrons. The third-order valence-corrected chi connectivity index (χ3v) is 3.71. The van der Waals surface area contributed by atoms with Crippen LogP contribution in [0.5, 0.6) is 0 Å². The van der Waals surface area contributed by atoms with Crippen LogP contribution < -0.4 is 5.32 Å². The maximum Gasteiger partial charge on any atom is 0.0624 e. The van der Waals surface area contributed by atoms with Crippen LogP contribution in [0.4, 0.5) is 0 Å². The highest BCUT2D eigenvalue weighted by Gasteiger charge is 2.19. The average molecular weight is 288 g/mol. The van der Waals surface area contributed by atoms with Crippen LogP contribution >= 0.6 is 23.2 Å². The van der Waals surface area contributed by atoms with Gasteiger partial charge in [-0.3, -0.25) is 0 Å². The van der Waals surface area contributed by atoms with Gasteiger partial charge in [-0.25, -0.2) is 0 Å². The summed E-state index contributed by atoms with van der Waals surface area (Å²) >= 11 is 12.3. The van der Waals surface area contributed by atoms with Gasteiger partial charge >= 0.3 is 0 Å². The van der Waals surface area contributed by atoms with Crippen LogP contribution in [0.2, 0.25) is 10.0 Å². The van der Waals surface area contributed by atoms with Crippen LogP contribution in [0.1, 0.15) is 39.7 Å². The van der Waals surface area contributed by atoms with Crippen LogP contribution in [0.15, 0.2) is 18.2 Å². The molecule has 0 aliphatic rings. The first kappa shape index (κ1) is 15.8. The van der Waals surface area contributed by atoms with Crippen molar-refractivity contribution in [1.82, 2.24) is 5.32 Å². The quantitative estimate of drug-likeness (QED) is 0.808. The highest BCUT2D eigenvalue weighted by molar-refractivity contribution is 6.42. The van der Waals surface area contributed by atoms with Crippen molar-refractivity contribution in [1.29, 1.82) is 0 Å². The molecule has 0 saturated heterocycles. The molecule has 0 bridgehead atoms. The molecule has 0 aliphatic carbocycles. The summed E-state index contributed by atoms with van der Waals surface area (Å²) in [6.07, 6.45) is 2.04. The Bertz CT molecular complexity index is 383. The minimum atomic E-state index is 0.303. The monoisotopic (exact) mass is 287 g/mol. The van der Waals surface area contributed by atoms with Crippen LogP contribution in [-0.2, 0) is 6.42 Å². The lowest BCUT2D eigenvalue weighted by molar-refractivity contribution is 0.309. The predicted molar refractivity (Wildman–Crippen MR) is 81.7 cm³/mol. The molecule has 0 aromatic heterocycles. The van der Waals surface area contributed by atoms with Crippen LogP contribution in [0.3, 0.4) is 0 Å². The molecular formula is C15H23Cl2N. The molecular weight excluding hydrogens is 265 g/mol. The summed E-state index contributed by atoms with van der Waals surface area (Å²) in [4.78, 5) is 0. The second-order valence-corrected chi connectivity index (χ2v) is 6.72. The maximum absolute atomic E-state index is 6.25. The highest BCUT2D eigenvalue weighted by atomic mass is 35.5. The minimum absolute atomic E-state index is 0.303. The predicted octanol–water partition coefficient (Wildman–Crippen LogP) is 4.95. The van der Waals surface area contributed by atoms with Crippen molar-refractivity contribution in [2.24, 2.45) is 5.41 Å². The molecule has 102 valence electrons. The molecule has 0 spiro atoms. The van der Waals surface area contributed by atoms with E-state index in [0.717, 1.165) is 24.9 Å². The summed E-state index contributed by atoms with van der Waals surface area (Å²) in [5.41, 5.74) is 1.43. The van der Waals surface area contributed by atoms with Crippen molar-refractivity contribution >= 4 is 23.2 Å². The van der Waals surface area contributed by atoms with Crippen molar-refractivity contribution in [2.75, 3.05) is 6.54 Å². The van der Waals surface area contributed by atoms with Gasteiger partial charge in [0.2, 0.25) is 0 Å². The van der Waals surface area contributed by atoms with Crippen LogP contribution in [0, 0.1) is 5.41 Å². The second-order valence-electron chi connectivity index (χ2n) is 5.94. The fourth-order valence-corrected chi connectivity index (χ4v) is 2.61. The minimum Gasteiger partial charge on any atom is -0.314 e. The molecule has 18 heavy (non-hydrogen) atoms. The van der Waals surface area contributed by atoms with Crippen molar-refractivity contribution in [3.63, 3.8) is 0 Å². The van der Waals surface area contributed by atoms with E-state index >= 15 is 0 Å². The number of likely N-dealkylation sites (N-methyl/N-ethyl adjacent to an activating group) is 1. The summed E-state index contributed by atoms with van der Waals surface area (Å²) in [7, 11) is 0. The molecule has 3 heteroatoms. The third kappa shape index (κ3) is 5.17. The summed E-state index contributed by atoms with van der Waals surface area (Å²) in [6, 6.07) is 6.29. The van der Waals surface area contributed by atoms with Gasteiger partial charge in [-0.05, 0) is 36.4 Å². The Morgan fingerprint density at radius 1 is 1.22 bits per heavy atom. The maximum atomic E-state index is 6.25. The summed E-state index contributed by atoms with van der Waals surface area (Å²) in [5, 5.41) is 4.86. The molecule has 0 saturated carbocycles. The number of halogens is 2. The largest absolute Gasteiger partial charge is 0.314 e. The summed E-state index contributed by atoms with van der Waals surface area (Å²) < 4.78 is 0. The van der Waals surface area contributed by atoms with E-state index in [1.54, 1.807) is 0 Å². The van der Waals surface area contributed by atoms with Crippen molar-refractivity contribution in [3.8, 4) is 0 Å². The second kappa shape index (κ2) is 6.79. The van der Waals surface area contributed by atoms with Crippen molar-refractivity contribution in [3.05, 3.63) is 33.8 Å². The van der Waals surface area contributed by atoms with Crippen molar-refractivity contribution in [2.45, 2.75) is 46.6 Å². The van der Waals surface area contributed by atoms with Gasteiger partial charge in [0, 0.05) is 6.04 Å². The highest BCUT2D eigenvalue weighted by Crippen LogP contribution is 2.28. The van der Waals surface area contributed by atoms with Gasteiger partial charge in [0.25, 0.3) is 0 Å². The molecule has 1 aromatic rings. The molecule has 1 atom stereocenters. The molecule has 1 unspecified atom stereocenters. The SMILES string of the molecule is CCNC(Cc1cccc(Cl)c1Cl)CC(C)(C)C. The average Bonchev–Trinajstić information content (AvgIpc) is 2.23. The van der Waals surface area contributed by atoms with E-state index < -0.39 is 0 Å². The Labute approximate surface area is 121 Å². The number of hydrogen-bond acceptors (Lipinski definition) is 1. The zero-order valence-corrected chi connectivity index (χ0v) is 13.2. The van der Waals surface area contributed by atoms with Crippen molar-refractivity contribution < 1.29 is 0 Å². The number of hydrogen-bond donors (Lipinski definition) is 1. The molecule has 1 rings (SSSR count). The Hall–Kier alpha value is -0.240. The van der Waals surface area contributed by atoms with Gasteiger partial charge in [0.05, 0.1) is 10.0 Å². The molecule has 1 nitrogen and oxygen atoms in total. The zero-order chi connectivity index (χ0) is 13.8. The third-order valence-electron chi connectivity index (χ3n) is 2.85. The lowest BCUT2D eigenvalue weighted by Gasteiger charge is -2.27. The van der Waals surface area contributed by atoms with E-state index in [1.165, 1.54) is 0 Å². The number of rotatable bonds is 5. The molecule has 0 amide bonds. The van der Waals surface area contributed by atoms with E-state index in [4.69, 9.17) is 23.2 Å². The lowest BCUT2D eigenvalue weighted by atomic mass is 9.86. The van der Waals surface area contributed by atoms with E-state index in [1.807, 2.05) is 12.1 Å². The molecule has 1 aromatic carbocycles. The van der Waals surface area contributed by atoms with Gasteiger partial charge < -0.3 is 5.32 Å². The molecule has 0 aliphatic heterocycles. The lowest BCUT2D eigenvalue weighted by Crippen LogP contribution is -2.34. The van der Waals surface area contributed by atoms with Gasteiger partial charge in [0.1, 0.15) is 0 Å². The molecule has 0 heterocycles. The van der Waals surface area contributed by atoms with Gasteiger partial charge in [-0.15, -0.1) is 0 Å². The Kier molecular flexibility index (Phi) is 5.97. The van der Waals surface area contributed by atoms with E-state index in [9.17, 15) is 0 Å². The fraction of sp³-hybridized carbons (Fsp3) is 0.600. The molecule has 1 N–H and O–H groups in total. The Balaban J connectivity index is 2.80. The van der Waals surface area contributed by atoms with Gasteiger partial charge in [-0.2, -0.15) is 0 Å². The van der Waals surface area contributed by atoms with E-state index in [-0.39, 0.29) is 0 Å². The standard InChI is InChI=1S/C15H23Cl2N/c1-5-18-12(10-15(2,3)4)9-11-7-6-8-13(16)14(11)17/h6-8,12,18H,5,9-10H2,1-4H3.